The number of benzene rings is 2. The van der Waals surface area contributed by atoms with Gasteiger partial charge in [0.25, 0.3) is 0 Å². The molecule has 4 rings (SSSR count). The minimum atomic E-state index is -0.938. The maximum absolute atomic E-state index is 15.4. The van der Waals surface area contributed by atoms with E-state index in [0.29, 0.717) is 26.2 Å². The summed E-state index contributed by atoms with van der Waals surface area (Å²) in [5.41, 5.74) is 4.73. The fourth-order valence-electron chi connectivity index (χ4n) is 4.60. The minimum absolute atomic E-state index is 0.0140. The molecule has 0 amide bonds. The Morgan fingerprint density at radius 2 is 1.88 bits per heavy atom. The zero-order chi connectivity index (χ0) is 29.7. The number of carbonyl (C=O) groups excluding carboxylic acids is 2. The molecule has 41 heavy (non-hydrogen) atoms. The molecule has 3 N–H and O–H groups in total. The number of fused-ring (bicyclic) bond motifs is 1. The van der Waals surface area contributed by atoms with Gasteiger partial charge in [0.2, 0.25) is 5.43 Å². The number of anilines is 2. The van der Waals surface area contributed by atoms with Crippen LogP contribution in [-0.4, -0.2) is 67.4 Å². The first-order valence-electron chi connectivity index (χ1n) is 13.1. The maximum atomic E-state index is 15.4. The number of nitrogen functional groups attached to an aromatic ring is 1. The molecule has 1 fully saturated rings. The van der Waals surface area contributed by atoms with Crippen molar-refractivity contribution < 1.29 is 32.6 Å². The molecule has 1 aliphatic rings. The summed E-state index contributed by atoms with van der Waals surface area (Å²) >= 11 is 6.75. The number of ether oxygens (including phenoxy) is 3. The summed E-state index contributed by atoms with van der Waals surface area (Å²) in [5, 5.41) is 2.67. The van der Waals surface area contributed by atoms with Gasteiger partial charge in [-0.3, -0.25) is 14.5 Å². The van der Waals surface area contributed by atoms with Crippen LogP contribution >= 0.6 is 11.6 Å². The molecule has 0 unspecified atom stereocenters. The van der Waals surface area contributed by atoms with Crippen LogP contribution in [0.25, 0.3) is 16.6 Å². The average molecular weight is 593 g/mol. The molecule has 0 bridgehead atoms. The van der Waals surface area contributed by atoms with Crippen LogP contribution in [0.2, 0.25) is 5.02 Å². The van der Waals surface area contributed by atoms with Crippen molar-refractivity contribution in [3.05, 3.63) is 62.4 Å². The van der Waals surface area contributed by atoms with Crippen molar-refractivity contribution in [2.45, 2.75) is 26.9 Å². The second kappa shape index (κ2) is 13.3. The van der Waals surface area contributed by atoms with Crippen LogP contribution in [0.3, 0.4) is 0 Å². The molecular weight excluding hydrogens is 562 g/mol. The number of pyridine rings is 1. The lowest BCUT2D eigenvalue weighted by Gasteiger charge is -2.26. The van der Waals surface area contributed by atoms with E-state index in [9.17, 15) is 18.8 Å². The van der Waals surface area contributed by atoms with Crippen LogP contribution in [0, 0.1) is 11.6 Å². The van der Waals surface area contributed by atoms with Gasteiger partial charge in [-0.05, 0) is 38.1 Å². The highest BCUT2D eigenvalue weighted by atomic mass is 35.5. The van der Waals surface area contributed by atoms with Gasteiger partial charge in [0.05, 0.1) is 52.8 Å². The summed E-state index contributed by atoms with van der Waals surface area (Å²) in [6, 6.07) is 3.32. The van der Waals surface area contributed by atoms with Gasteiger partial charge in [-0.15, -0.1) is 0 Å². The number of rotatable bonds is 10. The third-order valence-electron chi connectivity index (χ3n) is 6.62. The van der Waals surface area contributed by atoms with E-state index < -0.39 is 34.6 Å². The van der Waals surface area contributed by atoms with E-state index in [1.807, 2.05) is 0 Å². The molecule has 0 saturated carbocycles. The predicted octanol–water partition coefficient (Wildman–Crippen LogP) is 3.88. The Morgan fingerprint density at radius 1 is 1.15 bits per heavy atom. The Kier molecular flexibility index (Phi) is 9.79. The van der Waals surface area contributed by atoms with Crippen LogP contribution in [0.5, 0.6) is 0 Å². The third-order valence-corrected chi connectivity index (χ3v) is 6.99. The summed E-state index contributed by atoms with van der Waals surface area (Å²) in [6.45, 7) is 6.51. The molecule has 0 radical (unpaired) electrons. The second-order valence-corrected chi connectivity index (χ2v) is 9.80. The zero-order valence-corrected chi connectivity index (χ0v) is 23.5. The van der Waals surface area contributed by atoms with E-state index in [-0.39, 0.29) is 51.8 Å². The Bertz CT molecular complexity index is 1520. The highest BCUT2D eigenvalue weighted by molar-refractivity contribution is 6.38. The largest absolute Gasteiger partial charge is 0.462 e. The van der Waals surface area contributed by atoms with Crippen LogP contribution < -0.4 is 16.5 Å². The number of carbonyl (C=O) groups is 2. The lowest BCUT2D eigenvalue weighted by Crippen LogP contribution is -2.37. The number of aromatic nitrogens is 1. The van der Waals surface area contributed by atoms with Gasteiger partial charge < -0.3 is 29.8 Å². The highest BCUT2D eigenvalue weighted by Gasteiger charge is 2.24. The molecule has 1 aromatic heterocycles. The number of hydrogen-bond acceptors (Lipinski definition) is 9. The zero-order valence-electron chi connectivity index (χ0n) is 22.7. The van der Waals surface area contributed by atoms with Gasteiger partial charge >= 0.3 is 11.9 Å². The molecule has 2 aromatic carbocycles. The molecule has 1 aliphatic heterocycles. The summed E-state index contributed by atoms with van der Waals surface area (Å²) < 4.78 is 46.7. The monoisotopic (exact) mass is 592 g/mol. The smallest absolute Gasteiger partial charge is 0.343 e. The molecule has 10 nitrogen and oxygen atoms in total. The second-order valence-electron chi connectivity index (χ2n) is 9.42. The lowest BCUT2D eigenvalue weighted by molar-refractivity contribution is -0.142. The molecule has 13 heteroatoms. The number of hydrogen-bond donors (Lipinski definition) is 2. The van der Waals surface area contributed by atoms with Crippen LogP contribution in [0.4, 0.5) is 20.2 Å². The van der Waals surface area contributed by atoms with Gasteiger partial charge in [-0.1, -0.05) is 11.6 Å². The first-order valence-corrected chi connectivity index (χ1v) is 13.5. The van der Waals surface area contributed by atoms with Gasteiger partial charge in [0.15, 0.2) is 0 Å². The molecular formula is C28H31ClF2N4O6. The SMILES string of the molecule is CCOC(=O)c1cn(-c2cc(N)c(F)cc2COC(C)=O)c2c(Cl)c(NCCCN3CCOCC3)c(F)cc2c1=O. The number of esters is 2. The molecule has 1 saturated heterocycles. The fraction of sp³-hybridized carbons (Fsp3) is 0.393. The molecule has 0 atom stereocenters. The molecule has 2 heterocycles. The van der Waals surface area contributed by atoms with Crippen LogP contribution in [-0.2, 0) is 25.6 Å². The molecule has 3 aromatic rings. The van der Waals surface area contributed by atoms with Gasteiger partial charge in [0.1, 0.15) is 23.8 Å². The predicted molar refractivity (Wildman–Crippen MR) is 151 cm³/mol. The summed E-state index contributed by atoms with van der Waals surface area (Å²) in [5.74, 6) is -3.12. The van der Waals surface area contributed by atoms with Gasteiger partial charge in [-0.2, -0.15) is 0 Å². The van der Waals surface area contributed by atoms with Crippen molar-refractivity contribution in [3.8, 4) is 5.69 Å². The van der Waals surface area contributed by atoms with E-state index in [4.69, 9.17) is 31.5 Å². The number of nitrogens with one attached hydrogen (secondary N) is 1. The Balaban J connectivity index is 1.85. The average Bonchev–Trinajstić information content (AvgIpc) is 2.94. The van der Waals surface area contributed by atoms with Crippen LogP contribution in [0.15, 0.2) is 29.2 Å². The first-order chi connectivity index (χ1) is 19.6. The van der Waals surface area contributed by atoms with E-state index in [0.717, 1.165) is 31.8 Å². The minimum Gasteiger partial charge on any atom is -0.462 e. The number of morpholine rings is 1. The van der Waals surface area contributed by atoms with Crippen molar-refractivity contribution in [2.75, 3.05) is 57.1 Å². The Labute approximate surface area is 239 Å². The topological polar surface area (TPSA) is 125 Å². The molecule has 220 valence electrons. The van der Waals surface area contributed by atoms with Crippen LogP contribution in [0.1, 0.15) is 36.2 Å². The molecule has 0 aliphatic carbocycles. The maximum Gasteiger partial charge on any atom is 0.343 e. The fourth-order valence-corrected chi connectivity index (χ4v) is 4.95. The lowest BCUT2D eigenvalue weighted by atomic mass is 10.1. The van der Waals surface area contributed by atoms with Gasteiger partial charge in [0, 0.05) is 38.3 Å². The summed E-state index contributed by atoms with van der Waals surface area (Å²) in [4.78, 5) is 39.8. The summed E-state index contributed by atoms with van der Waals surface area (Å²) in [7, 11) is 0. The number of nitrogens with zero attached hydrogens (tertiary/aromatic N) is 2. The normalized spacial score (nSPS) is 13.8. The number of halogens is 3. The van der Waals surface area contributed by atoms with Crippen molar-refractivity contribution in [2.24, 2.45) is 0 Å². The standard InChI is InChI=1S/C28H31ClF2N4O6/c1-3-40-28(38)19-14-35(23-13-22(32)20(30)11-17(23)15-41-16(2)36)26-18(27(19)37)12-21(31)25(24(26)29)33-5-4-6-34-7-9-39-10-8-34/h11-14,33H,3-10,15,32H2,1-2H3. The van der Waals surface area contributed by atoms with E-state index in [2.05, 4.69) is 10.2 Å². The van der Waals surface area contributed by atoms with Crippen molar-refractivity contribution in [3.63, 3.8) is 0 Å². The van der Waals surface area contributed by atoms with E-state index in [1.165, 1.54) is 23.8 Å². The van der Waals surface area contributed by atoms with E-state index >= 15 is 4.39 Å². The number of nitrogens with two attached hydrogens (primary N) is 1. The first kappa shape index (κ1) is 30.2. The Hall–Kier alpha value is -3.74. The highest BCUT2D eigenvalue weighted by Crippen LogP contribution is 2.36. The van der Waals surface area contributed by atoms with Gasteiger partial charge in [-0.25, -0.2) is 13.6 Å². The van der Waals surface area contributed by atoms with Crippen molar-refractivity contribution in [1.29, 1.82) is 0 Å². The molecule has 0 spiro atoms. The van der Waals surface area contributed by atoms with Crippen molar-refractivity contribution in [1.82, 2.24) is 9.47 Å². The third kappa shape index (κ3) is 6.77. The van der Waals surface area contributed by atoms with Crippen molar-refractivity contribution >= 4 is 45.8 Å². The van der Waals surface area contributed by atoms with E-state index in [1.54, 1.807) is 6.92 Å². The summed E-state index contributed by atoms with van der Waals surface area (Å²) in [6.07, 6.45) is 1.86. The Morgan fingerprint density at radius 3 is 2.56 bits per heavy atom. The quantitative estimate of drug-likeness (QED) is 0.205.